The molecule has 76 valence electrons. The van der Waals surface area contributed by atoms with Crippen molar-refractivity contribution in [2.75, 3.05) is 0 Å². The number of para-hydroxylation sites is 1. The van der Waals surface area contributed by atoms with Crippen LogP contribution in [0.1, 0.15) is 0 Å². The van der Waals surface area contributed by atoms with Crippen LogP contribution in [0.15, 0.2) is 27.4 Å². The molecular formula is C8H4N2O4S. The van der Waals surface area contributed by atoms with E-state index >= 15 is 0 Å². The summed E-state index contributed by atoms with van der Waals surface area (Å²) in [6, 6.07) is 4.09. The average Bonchev–Trinajstić information content (AvgIpc) is 2.16. The Labute approximate surface area is 87.3 Å². The van der Waals surface area contributed by atoms with Crippen molar-refractivity contribution in [3.8, 4) is 0 Å². The Morgan fingerprint density at radius 3 is 2.87 bits per heavy atom. The van der Waals surface area contributed by atoms with Crippen LogP contribution < -0.4 is 5.56 Å². The quantitative estimate of drug-likeness (QED) is 0.453. The summed E-state index contributed by atoms with van der Waals surface area (Å²) in [5, 5.41) is 10.7. The molecule has 0 aliphatic rings. The number of fused-ring (bicyclic) bond motifs is 1. The molecular weight excluding hydrogens is 220 g/mol. The van der Waals surface area contributed by atoms with Crippen LogP contribution in [-0.4, -0.2) is 9.91 Å². The smallest absolute Gasteiger partial charge is 0.312 e. The number of hydrogen-bond acceptors (Lipinski definition) is 5. The van der Waals surface area contributed by atoms with Gasteiger partial charge >= 0.3 is 5.69 Å². The number of nitrogens with zero attached hydrogens (tertiary/aromatic N) is 1. The Morgan fingerprint density at radius 2 is 2.20 bits per heavy atom. The fraction of sp³-hybridized carbons (Fsp3) is 0. The van der Waals surface area contributed by atoms with E-state index in [0.717, 1.165) is 0 Å². The fourth-order valence-corrected chi connectivity index (χ4v) is 1.41. The third kappa shape index (κ3) is 1.52. The van der Waals surface area contributed by atoms with E-state index in [1.807, 2.05) is 0 Å². The van der Waals surface area contributed by atoms with Gasteiger partial charge in [0.2, 0.25) is 5.58 Å². The number of rotatable bonds is 1. The number of hydrogen-bond donors (Lipinski definition) is 1. The molecule has 0 radical (unpaired) electrons. The molecule has 0 bridgehead atoms. The van der Waals surface area contributed by atoms with Crippen molar-refractivity contribution in [1.29, 1.82) is 0 Å². The normalized spacial score (nSPS) is 10.4. The molecule has 15 heavy (non-hydrogen) atoms. The second-order valence-corrected chi connectivity index (χ2v) is 3.13. The average molecular weight is 224 g/mol. The Bertz CT molecular complexity index is 657. The summed E-state index contributed by atoms with van der Waals surface area (Å²) in [6.45, 7) is 0. The topological polar surface area (TPSA) is 89.1 Å². The number of nitro groups is 1. The molecule has 0 saturated carbocycles. The number of benzene rings is 1. The van der Waals surface area contributed by atoms with Crippen molar-refractivity contribution in [2.24, 2.45) is 0 Å². The van der Waals surface area contributed by atoms with Crippen molar-refractivity contribution in [1.82, 2.24) is 4.98 Å². The van der Waals surface area contributed by atoms with Crippen LogP contribution in [0.3, 0.4) is 0 Å². The minimum atomic E-state index is -0.625. The fourth-order valence-electron chi connectivity index (χ4n) is 1.23. The molecule has 0 amide bonds. The van der Waals surface area contributed by atoms with E-state index in [2.05, 4.69) is 17.2 Å². The molecule has 0 aliphatic carbocycles. The van der Waals surface area contributed by atoms with E-state index in [1.165, 1.54) is 18.2 Å². The maximum atomic E-state index is 11.4. The Balaban J connectivity index is 3.04. The maximum absolute atomic E-state index is 11.4. The molecule has 2 aromatic rings. The molecule has 0 fully saturated rings. The predicted octanol–water partition coefficient (Wildman–Crippen LogP) is 1.76. The second-order valence-electron chi connectivity index (χ2n) is 2.75. The minimum Gasteiger partial charge on any atom is -0.423 e. The Kier molecular flexibility index (Phi) is 2.09. The van der Waals surface area contributed by atoms with E-state index in [1.54, 1.807) is 0 Å². The molecule has 0 aliphatic heterocycles. The van der Waals surface area contributed by atoms with E-state index in [4.69, 9.17) is 4.42 Å². The molecule has 1 N–H and O–H groups in total. The first kappa shape index (κ1) is 9.53. The van der Waals surface area contributed by atoms with Crippen LogP contribution in [0.2, 0.25) is 0 Å². The summed E-state index contributed by atoms with van der Waals surface area (Å²) < 4.78 is 4.95. The Hall–Kier alpha value is -2.02. The number of nitrogens with one attached hydrogen (secondary N) is 1. The highest BCUT2D eigenvalue weighted by atomic mass is 32.1. The number of aromatic amines is 1. The number of H-pyrrole nitrogens is 1. The van der Waals surface area contributed by atoms with Crippen LogP contribution in [-0.2, 0) is 0 Å². The number of aromatic nitrogens is 1. The molecule has 0 unspecified atom stereocenters. The van der Waals surface area contributed by atoms with Crippen LogP contribution in [0.5, 0.6) is 0 Å². The number of nitro benzene ring substituents is 1. The monoisotopic (exact) mass is 224 g/mol. The van der Waals surface area contributed by atoms with Crippen molar-refractivity contribution >= 4 is 28.9 Å². The van der Waals surface area contributed by atoms with Gasteiger partial charge in [0, 0.05) is 6.07 Å². The Morgan fingerprint density at radius 1 is 1.47 bits per heavy atom. The van der Waals surface area contributed by atoms with Gasteiger partial charge in [0.1, 0.15) is 0 Å². The largest absolute Gasteiger partial charge is 0.423 e. The van der Waals surface area contributed by atoms with E-state index in [9.17, 15) is 14.9 Å². The molecule has 1 aromatic carbocycles. The first-order valence-electron chi connectivity index (χ1n) is 3.90. The van der Waals surface area contributed by atoms with Crippen LogP contribution in [0, 0.1) is 15.0 Å². The van der Waals surface area contributed by atoms with Gasteiger partial charge in [0.15, 0.2) is 0 Å². The lowest BCUT2D eigenvalue weighted by Gasteiger charge is -1.96. The van der Waals surface area contributed by atoms with Gasteiger partial charge in [-0.3, -0.25) is 19.9 Å². The minimum absolute atomic E-state index is 0.101. The predicted molar refractivity (Wildman–Crippen MR) is 54.3 cm³/mol. The van der Waals surface area contributed by atoms with Gasteiger partial charge in [-0.25, -0.2) is 0 Å². The highest BCUT2D eigenvalue weighted by Crippen LogP contribution is 2.22. The lowest BCUT2D eigenvalue weighted by atomic mass is 10.2. The van der Waals surface area contributed by atoms with Crippen molar-refractivity contribution in [3.05, 3.63) is 43.5 Å². The zero-order valence-corrected chi connectivity index (χ0v) is 8.04. The lowest BCUT2D eigenvalue weighted by molar-refractivity contribution is -0.383. The SMILES string of the molecule is O=c1[nH]c(=S)oc2c([N+](=O)[O-])cccc12. The molecule has 1 heterocycles. The van der Waals surface area contributed by atoms with Gasteiger partial charge in [-0.2, -0.15) is 0 Å². The lowest BCUT2D eigenvalue weighted by Crippen LogP contribution is -2.06. The summed E-state index contributed by atoms with van der Waals surface area (Å²) in [5.74, 6) is 0. The summed E-state index contributed by atoms with van der Waals surface area (Å²) in [6.07, 6.45) is 0. The van der Waals surface area contributed by atoms with Crippen LogP contribution >= 0.6 is 12.2 Å². The van der Waals surface area contributed by atoms with Gasteiger partial charge in [0.05, 0.1) is 10.3 Å². The second kappa shape index (κ2) is 3.28. The molecule has 7 heteroatoms. The van der Waals surface area contributed by atoms with E-state index < -0.39 is 10.5 Å². The molecule has 6 nitrogen and oxygen atoms in total. The summed E-state index contributed by atoms with van der Waals surface area (Å²) in [5.41, 5.74) is -0.870. The standard InChI is InChI=1S/C8H4N2O4S/c11-7-4-2-1-3-5(10(12)13)6(4)14-8(15)9-7/h1-3H,(H,9,11,15). The zero-order valence-electron chi connectivity index (χ0n) is 7.22. The van der Waals surface area contributed by atoms with Gasteiger partial charge in [-0.1, -0.05) is 6.07 Å². The third-order valence-corrected chi connectivity index (χ3v) is 2.03. The van der Waals surface area contributed by atoms with Gasteiger partial charge < -0.3 is 4.42 Å². The molecule has 0 saturated heterocycles. The zero-order chi connectivity index (χ0) is 11.0. The van der Waals surface area contributed by atoms with E-state index in [-0.39, 0.29) is 21.5 Å². The van der Waals surface area contributed by atoms with Gasteiger partial charge in [-0.15, -0.1) is 0 Å². The summed E-state index contributed by atoms with van der Waals surface area (Å²) in [7, 11) is 0. The van der Waals surface area contributed by atoms with Crippen molar-refractivity contribution in [2.45, 2.75) is 0 Å². The van der Waals surface area contributed by atoms with Crippen molar-refractivity contribution < 1.29 is 9.34 Å². The van der Waals surface area contributed by atoms with Crippen molar-refractivity contribution in [3.63, 3.8) is 0 Å². The molecule has 0 atom stereocenters. The first-order chi connectivity index (χ1) is 7.09. The molecule has 2 rings (SSSR count). The first-order valence-corrected chi connectivity index (χ1v) is 4.31. The summed E-state index contributed by atoms with van der Waals surface area (Å²) in [4.78, 5) is 23.5. The van der Waals surface area contributed by atoms with E-state index in [0.29, 0.717) is 0 Å². The summed E-state index contributed by atoms with van der Waals surface area (Å²) >= 11 is 4.63. The third-order valence-electron chi connectivity index (χ3n) is 1.85. The number of non-ortho nitro benzene ring substituents is 1. The van der Waals surface area contributed by atoms with Crippen LogP contribution in [0.4, 0.5) is 5.69 Å². The molecule has 1 aromatic heterocycles. The van der Waals surface area contributed by atoms with Crippen LogP contribution in [0.25, 0.3) is 11.0 Å². The van der Waals surface area contributed by atoms with Gasteiger partial charge in [-0.05, 0) is 18.3 Å². The highest BCUT2D eigenvalue weighted by molar-refractivity contribution is 7.71. The van der Waals surface area contributed by atoms with Gasteiger partial charge in [0.25, 0.3) is 10.4 Å². The maximum Gasteiger partial charge on any atom is 0.312 e. The molecule has 0 spiro atoms. The highest BCUT2D eigenvalue weighted by Gasteiger charge is 2.15.